The third kappa shape index (κ3) is 1.58. The van der Waals surface area contributed by atoms with Crippen molar-refractivity contribution < 1.29 is 0 Å². The second-order valence-electron chi connectivity index (χ2n) is 8.20. The highest BCUT2D eigenvalue weighted by Crippen LogP contribution is 2.71. The molecule has 4 rings (SSSR count). The highest BCUT2D eigenvalue weighted by molar-refractivity contribution is 5.16. The minimum Gasteiger partial charge on any atom is -0.0882 e. The number of allylic oxidation sites excluding steroid dienone is 2. The largest absolute Gasteiger partial charge is 0.0882 e. The van der Waals surface area contributed by atoms with Crippen LogP contribution in [-0.4, -0.2) is 0 Å². The molecular weight excluding hydrogens is 228 g/mol. The zero-order chi connectivity index (χ0) is 13.0. The van der Waals surface area contributed by atoms with Crippen LogP contribution in [0.1, 0.15) is 65.2 Å². The lowest BCUT2D eigenvalue weighted by Gasteiger charge is -2.50. The number of hydrogen-bond donors (Lipinski definition) is 0. The Kier molecular flexibility index (Phi) is 2.87. The van der Waals surface area contributed by atoms with Crippen molar-refractivity contribution in [3.8, 4) is 0 Å². The maximum Gasteiger partial charge on any atom is -0.0194 e. The number of rotatable bonds is 2. The van der Waals surface area contributed by atoms with Gasteiger partial charge in [0.2, 0.25) is 0 Å². The van der Waals surface area contributed by atoms with Crippen LogP contribution in [0.25, 0.3) is 0 Å². The van der Waals surface area contributed by atoms with Gasteiger partial charge in [-0.1, -0.05) is 45.3 Å². The first kappa shape index (κ1) is 12.5. The van der Waals surface area contributed by atoms with E-state index in [1.54, 1.807) is 19.3 Å². The van der Waals surface area contributed by atoms with Gasteiger partial charge >= 0.3 is 0 Å². The summed E-state index contributed by atoms with van der Waals surface area (Å²) in [6.45, 7) is 5.17. The molecule has 0 heteroatoms. The molecule has 0 radical (unpaired) electrons. The molecule has 19 heavy (non-hydrogen) atoms. The van der Waals surface area contributed by atoms with E-state index in [2.05, 4.69) is 26.0 Å². The lowest BCUT2D eigenvalue weighted by Crippen LogP contribution is -2.44. The van der Waals surface area contributed by atoms with Crippen LogP contribution in [0, 0.1) is 40.9 Å². The molecule has 0 spiro atoms. The predicted octanol–water partition coefficient (Wildman–Crippen LogP) is 5.44. The van der Waals surface area contributed by atoms with E-state index >= 15 is 0 Å². The molecule has 0 amide bonds. The van der Waals surface area contributed by atoms with Gasteiger partial charge in [-0.05, 0) is 73.0 Å². The van der Waals surface area contributed by atoms with Crippen molar-refractivity contribution in [3.63, 3.8) is 0 Å². The van der Waals surface area contributed by atoms with Crippen LogP contribution in [0.15, 0.2) is 12.2 Å². The van der Waals surface area contributed by atoms with Gasteiger partial charge in [0, 0.05) is 0 Å². The first-order valence-corrected chi connectivity index (χ1v) is 8.92. The highest BCUT2D eigenvalue weighted by Gasteiger charge is 2.64. The second kappa shape index (κ2) is 4.37. The third-order valence-corrected chi connectivity index (χ3v) is 7.65. The van der Waals surface area contributed by atoms with E-state index in [9.17, 15) is 0 Å². The van der Waals surface area contributed by atoms with E-state index in [4.69, 9.17) is 0 Å². The van der Waals surface area contributed by atoms with Crippen LogP contribution < -0.4 is 0 Å². The van der Waals surface area contributed by atoms with E-state index in [-0.39, 0.29) is 0 Å². The molecule has 0 nitrogen and oxygen atoms in total. The van der Waals surface area contributed by atoms with Gasteiger partial charge in [-0.25, -0.2) is 0 Å². The molecule has 0 aromatic carbocycles. The lowest BCUT2D eigenvalue weighted by atomic mass is 9.54. The van der Waals surface area contributed by atoms with Crippen LogP contribution in [0.3, 0.4) is 0 Å². The average Bonchev–Trinajstić information content (AvgIpc) is 3.10. The molecular formula is C19H30. The summed E-state index contributed by atoms with van der Waals surface area (Å²) in [7, 11) is 0. The smallest absolute Gasteiger partial charge is 0.0194 e. The molecule has 0 saturated heterocycles. The van der Waals surface area contributed by atoms with Crippen LogP contribution in [-0.2, 0) is 0 Å². The molecule has 0 aliphatic heterocycles. The monoisotopic (exact) mass is 258 g/mol. The Labute approximate surface area is 119 Å². The standard InChI is InChI=1S/C19H30/c1-3-14-16-12-19(2,17-11-7-6-10-15(16)17)18(14)13-8-4-5-9-13/h4,8,13-18H,3,5-7,9-12H2,1-2H3. The molecule has 7 atom stereocenters. The molecule has 0 heterocycles. The van der Waals surface area contributed by atoms with E-state index in [0.29, 0.717) is 5.41 Å². The molecule has 106 valence electrons. The fourth-order valence-electron chi connectivity index (χ4n) is 7.23. The van der Waals surface area contributed by atoms with Gasteiger partial charge in [0.05, 0.1) is 0 Å². The minimum atomic E-state index is 0.704. The van der Waals surface area contributed by atoms with Crippen molar-refractivity contribution in [2.45, 2.75) is 65.2 Å². The Balaban J connectivity index is 1.69. The van der Waals surface area contributed by atoms with Crippen molar-refractivity contribution in [2.75, 3.05) is 0 Å². The SMILES string of the molecule is CCC1C2CC(C)(C3CCCCC23)C1C1C=CCC1. The van der Waals surface area contributed by atoms with E-state index < -0.39 is 0 Å². The topological polar surface area (TPSA) is 0 Å². The van der Waals surface area contributed by atoms with Gasteiger partial charge in [0.1, 0.15) is 0 Å². The van der Waals surface area contributed by atoms with E-state index in [1.165, 1.54) is 32.1 Å². The third-order valence-electron chi connectivity index (χ3n) is 7.65. The van der Waals surface area contributed by atoms with Crippen molar-refractivity contribution in [3.05, 3.63) is 12.2 Å². The van der Waals surface area contributed by atoms with Gasteiger partial charge in [-0.15, -0.1) is 0 Å². The van der Waals surface area contributed by atoms with Crippen LogP contribution >= 0.6 is 0 Å². The maximum absolute atomic E-state index is 2.70. The number of hydrogen-bond acceptors (Lipinski definition) is 0. The molecule has 4 aliphatic rings. The normalized spacial score (nSPS) is 55.7. The molecule has 0 aromatic heterocycles. The number of fused-ring (bicyclic) bond motifs is 5. The van der Waals surface area contributed by atoms with Gasteiger partial charge < -0.3 is 0 Å². The van der Waals surface area contributed by atoms with E-state index in [1.807, 2.05) is 0 Å². The quantitative estimate of drug-likeness (QED) is 0.578. The maximum atomic E-state index is 2.70. The second-order valence-corrected chi connectivity index (χ2v) is 8.20. The fraction of sp³-hybridized carbons (Fsp3) is 0.895. The van der Waals surface area contributed by atoms with Crippen molar-refractivity contribution in [2.24, 2.45) is 40.9 Å². The van der Waals surface area contributed by atoms with Gasteiger partial charge in [0.25, 0.3) is 0 Å². The molecule has 0 N–H and O–H groups in total. The Morgan fingerprint density at radius 3 is 2.68 bits per heavy atom. The summed E-state index contributed by atoms with van der Waals surface area (Å²) in [4.78, 5) is 0. The van der Waals surface area contributed by atoms with Crippen LogP contribution in [0.4, 0.5) is 0 Å². The van der Waals surface area contributed by atoms with Gasteiger partial charge in [-0.3, -0.25) is 0 Å². The van der Waals surface area contributed by atoms with Gasteiger partial charge in [0.15, 0.2) is 0 Å². The Hall–Kier alpha value is -0.260. The molecule has 0 aromatic rings. The molecule has 3 fully saturated rings. The van der Waals surface area contributed by atoms with Crippen LogP contribution in [0.5, 0.6) is 0 Å². The average molecular weight is 258 g/mol. The fourth-order valence-corrected chi connectivity index (χ4v) is 7.23. The zero-order valence-electron chi connectivity index (χ0n) is 12.8. The molecule has 7 unspecified atom stereocenters. The molecule has 4 aliphatic carbocycles. The van der Waals surface area contributed by atoms with Crippen molar-refractivity contribution in [1.82, 2.24) is 0 Å². The Bertz CT molecular complexity index is 381. The first-order chi connectivity index (χ1) is 9.25. The molecule has 3 saturated carbocycles. The predicted molar refractivity (Wildman–Crippen MR) is 80.8 cm³/mol. The van der Waals surface area contributed by atoms with Crippen LogP contribution in [0.2, 0.25) is 0 Å². The summed E-state index contributed by atoms with van der Waals surface area (Å²) in [6, 6.07) is 0. The zero-order valence-corrected chi connectivity index (χ0v) is 12.8. The van der Waals surface area contributed by atoms with Crippen molar-refractivity contribution in [1.29, 1.82) is 0 Å². The first-order valence-electron chi connectivity index (χ1n) is 8.92. The Morgan fingerprint density at radius 2 is 1.95 bits per heavy atom. The summed E-state index contributed by atoms with van der Waals surface area (Å²) in [5, 5.41) is 0. The highest BCUT2D eigenvalue weighted by atomic mass is 14.7. The van der Waals surface area contributed by atoms with Crippen molar-refractivity contribution >= 4 is 0 Å². The summed E-state index contributed by atoms with van der Waals surface area (Å²) in [5.74, 6) is 6.32. The molecule has 2 bridgehead atoms. The summed E-state index contributed by atoms with van der Waals surface area (Å²) >= 11 is 0. The summed E-state index contributed by atoms with van der Waals surface area (Å²) in [6.07, 6.45) is 17.1. The summed E-state index contributed by atoms with van der Waals surface area (Å²) < 4.78 is 0. The summed E-state index contributed by atoms with van der Waals surface area (Å²) in [5.41, 5.74) is 0.704. The Morgan fingerprint density at radius 1 is 1.11 bits per heavy atom. The van der Waals surface area contributed by atoms with E-state index in [0.717, 1.165) is 35.5 Å². The lowest BCUT2D eigenvalue weighted by molar-refractivity contribution is -0.0144. The minimum absolute atomic E-state index is 0.704. The van der Waals surface area contributed by atoms with Gasteiger partial charge in [-0.2, -0.15) is 0 Å².